The molecule has 168 valence electrons. The molecule has 8 heteroatoms. The van der Waals surface area contributed by atoms with E-state index in [-0.39, 0.29) is 24.8 Å². The minimum Gasteiger partial charge on any atom is -0.357 e. The minimum absolute atomic E-state index is 0.148. The second kappa shape index (κ2) is 11.5. The van der Waals surface area contributed by atoms with Gasteiger partial charge in [0.1, 0.15) is 6.04 Å². The van der Waals surface area contributed by atoms with Gasteiger partial charge in [-0.25, -0.2) is 8.42 Å². The number of hydrogen-bond donors (Lipinski definition) is 1. The van der Waals surface area contributed by atoms with Crippen LogP contribution in [0.1, 0.15) is 25.3 Å². The zero-order chi connectivity index (χ0) is 22.9. The van der Waals surface area contributed by atoms with E-state index in [1.807, 2.05) is 36.4 Å². The van der Waals surface area contributed by atoms with E-state index in [4.69, 9.17) is 0 Å². The highest BCUT2D eigenvalue weighted by Gasteiger charge is 2.25. The van der Waals surface area contributed by atoms with Crippen LogP contribution in [-0.4, -0.2) is 57.6 Å². The lowest BCUT2D eigenvalue weighted by atomic mass is 10.1. The Morgan fingerprint density at radius 3 is 2.10 bits per heavy atom. The first-order chi connectivity index (χ1) is 14.7. The summed E-state index contributed by atoms with van der Waals surface area (Å²) in [4.78, 5) is 26.7. The number of likely N-dealkylation sites (N-methyl/N-ethyl adjacent to an activating group) is 1. The van der Waals surface area contributed by atoms with Crippen LogP contribution in [0.25, 0.3) is 0 Å². The normalized spacial score (nSPS) is 12.1. The number of anilines is 1. The molecule has 0 fully saturated rings. The number of nitrogens with one attached hydrogen (secondary N) is 1. The van der Waals surface area contributed by atoms with E-state index in [2.05, 4.69) is 5.32 Å². The molecular formula is C23H31N3O4S. The molecule has 0 heterocycles. The standard InChI is InChI=1S/C23H31N3O4S/c1-19(23(28)24-2)25(18-16-20-11-6-4-7-12-20)22(27)15-10-17-26(31(3,29)30)21-13-8-5-9-14-21/h4-9,11-14,19H,10,15-18H2,1-3H3,(H,24,28). The van der Waals surface area contributed by atoms with E-state index in [0.717, 1.165) is 11.8 Å². The molecule has 1 atom stereocenters. The van der Waals surface area contributed by atoms with Gasteiger partial charge in [-0.2, -0.15) is 0 Å². The second-order valence-corrected chi connectivity index (χ2v) is 9.29. The van der Waals surface area contributed by atoms with Crippen LogP contribution in [-0.2, 0) is 26.0 Å². The Morgan fingerprint density at radius 1 is 0.968 bits per heavy atom. The molecule has 2 aromatic rings. The number of hydrogen-bond acceptors (Lipinski definition) is 4. The fourth-order valence-electron chi connectivity index (χ4n) is 3.38. The maximum absolute atomic E-state index is 13.0. The van der Waals surface area contributed by atoms with Crippen molar-refractivity contribution in [2.75, 3.05) is 30.7 Å². The Labute approximate surface area is 185 Å². The fraction of sp³-hybridized carbons (Fsp3) is 0.391. The van der Waals surface area contributed by atoms with Crippen LogP contribution < -0.4 is 9.62 Å². The van der Waals surface area contributed by atoms with Crippen molar-refractivity contribution in [2.45, 2.75) is 32.2 Å². The zero-order valence-electron chi connectivity index (χ0n) is 18.3. The highest BCUT2D eigenvalue weighted by molar-refractivity contribution is 7.92. The topological polar surface area (TPSA) is 86.8 Å². The zero-order valence-corrected chi connectivity index (χ0v) is 19.1. The van der Waals surface area contributed by atoms with Gasteiger partial charge in [-0.15, -0.1) is 0 Å². The highest BCUT2D eigenvalue weighted by atomic mass is 32.2. The molecular weight excluding hydrogens is 414 g/mol. The lowest BCUT2D eigenvalue weighted by Gasteiger charge is -2.29. The van der Waals surface area contributed by atoms with Crippen LogP contribution in [0.3, 0.4) is 0 Å². The van der Waals surface area contributed by atoms with Gasteiger partial charge < -0.3 is 10.2 Å². The summed E-state index contributed by atoms with van der Waals surface area (Å²) in [5.41, 5.74) is 1.65. The Bertz CT molecular complexity index is 949. The fourth-order valence-corrected chi connectivity index (χ4v) is 4.34. The molecule has 0 radical (unpaired) electrons. The van der Waals surface area contributed by atoms with Crippen LogP contribution in [0.2, 0.25) is 0 Å². The molecule has 0 saturated carbocycles. The van der Waals surface area contributed by atoms with Gasteiger partial charge in [0.25, 0.3) is 0 Å². The first-order valence-corrected chi connectivity index (χ1v) is 12.2. The van der Waals surface area contributed by atoms with E-state index in [9.17, 15) is 18.0 Å². The number of rotatable bonds is 11. The predicted molar refractivity (Wildman–Crippen MR) is 123 cm³/mol. The van der Waals surface area contributed by atoms with Gasteiger partial charge in [0.15, 0.2) is 0 Å². The molecule has 0 aliphatic rings. The molecule has 0 aliphatic carbocycles. The molecule has 0 saturated heterocycles. The van der Waals surface area contributed by atoms with E-state index in [1.165, 1.54) is 4.31 Å². The van der Waals surface area contributed by atoms with Crippen LogP contribution >= 0.6 is 0 Å². The van der Waals surface area contributed by atoms with Crippen molar-refractivity contribution in [3.63, 3.8) is 0 Å². The number of nitrogens with zero attached hydrogens (tertiary/aromatic N) is 2. The Balaban J connectivity index is 2.05. The SMILES string of the molecule is CNC(=O)C(C)N(CCc1ccccc1)C(=O)CCCN(c1ccccc1)S(C)(=O)=O. The van der Waals surface area contributed by atoms with E-state index < -0.39 is 16.1 Å². The second-order valence-electron chi connectivity index (χ2n) is 7.39. The van der Waals surface area contributed by atoms with Crippen molar-refractivity contribution < 1.29 is 18.0 Å². The molecule has 0 aliphatic heterocycles. The van der Waals surface area contributed by atoms with Crippen LogP contribution in [0.4, 0.5) is 5.69 Å². The number of amides is 2. The molecule has 2 amide bonds. The maximum atomic E-state index is 13.0. The van der Waals surface area contributed by atoms with Gasteiger partial charge in [-0.3, -0.25) is 13.9 Å². The lowest BCUT2D eigenvalue weighted by molar-refractivity contribution is -0.139. The number of sulfonamides is 1. The van der Waals surface area contributed by atoms with E-state index >= 15 is 0 Å². The minimum atomic E-state index is -3.47. The Morgan fingerprint density at radius 2 is 1.55 bits per heavy atom. The molecule has 1 unspecified atom stereocenters. The number of benzene rings is 2. The van der Waals surface area contributed by atoms with Gasteiger partial charge in [-0.1, -0.05) is 48.5 Å². The van der Waals surface area contributed by atoms with Crippen molar-refractivity contribution in [2.24, 2.45) is 0 Å². The largest absolute Gasteiger partial charge is 0.357 e. The Hall–Kier alpha value is -2.87. The smallest absolute Gasteiger partial charge is 0.242 e. The van der Waals surface area contributed by atoms with Gasteiger partial charge in [0.2, 0.25) is 21.8 Å². The molecule has 0 bridgehead atoms. The summed E-state index contributed by atoms with van der Waals surface area (Å²) in [5.74, 6) is -0.406. The Kier molecular flexibility index (Phi) is 9.05. The molecule has 2 rings (SSSR count). The van der Waals surface area contributed by atoms with Crippen molar-refractivity contribution >= 4 is 27.5 Å². The monoisotopic (exact) mass is 445 g/mol. The molecule has 1 N–H and O–H groups in total. The van der Waals surface area contributed by atoms with Crippen molar-refractivity contribution in [1.29, 1.82) is 0 Å². The van der Waals surface area contributed by atoms with Crippen molar-refractivity contribution in [3.05, 3.63) is 66.2 Å². The predicted octanol–water partition coefficient (Wildman–Crippen LogP) is 2.44. The number of carbonyl (C=O) groups is 2. The first kappa shape index (κ1) is 24.4. The van der Waals surface area contributed by atoms with Gasteiger partial charge in [-0.05, 0) is 37.5 Å². The number of carbonyl (C=O) groups excluding carboxylic acids is 2. The summed E-state index contributed by atoms with van der Waals surface area (Å²) in [6, 6.07) is 18.0. The molecule has 7 nitrogen and oxygen atoms in total. The molecule has 0 aromatic heterocycles. The average molecular weight is 446 g/mol. The van der Waals surface area contributed by atoms with Crippen LogP contribution in [0, 0.1) is 0 Å². The maximum Gasteiger partial charge on any atom is 0.242 e. The summed E-state index contributed by atoms with van der Waals surface area (Å²) in [6.45, 7) is 2.30. The lowest BCUT2D eigenvalue weighted by Crippen LogP contribution is -2.48. The van der Waals surface area contributed by atoms with Gasteiger partial charge >= 0.3 is 0 Å². The summed E-state index contributed by atoms with van der Waals surface area (Å²) in [7, 11) is -1.93. The summed E-state index contributed by atoms with van der Waals surface area (Å²) < 4.78 is 25.7. The third-order valence-corrected chi connectivity index (χ3v) is 6.29. The van der Waals surface area contributed by atoms with Crippen LogP contribution in [0.5, 0.6) is 0 Å². The van der Waals surface area contributed by atoms with Crippen molar-refractivity contribution in [3.8, 4) is 0 Å². The van der Waals surface area contributed by atoms with E-state index in [1.54, 1.807) is 43.1 Å². The average Bonchev–Trinajstić information content (AvgIpc) is 2.76. The van der Waals surface area contributed by atoms with Crippen molar-refractivity contribution in [1.82, 2.24) is 10.2 Å². The summed E-state index contributed by atoms with van der Waals surface area (Å²) >= 11 is 0. The third kappa shape index (κ3) is 7.40. The molecule has 0 spiro atoms. The van der Waals surface area contributed by atoms with Gasteiger partial charge in [0, 0.05) is 26.6 Å². The van der Waals surface area contributed by atoms with Gasteiger partial charge in [0.05, 0.1) is 11.9 Å². The van der Waals surface area contributed by atoms with E-state index in [0.29, 0.717) is 25.1 Å². The first-order valence-electron chi connectivity index (χ1n) is 10.3. The quantitative estimate of drug-likeness (QED) is 0.576. The third-order valence-electron chi connectivity index (χ3n) is 5.09. The number of para-hydroxylation sites is 1. The summed E-state index contributed by atoms with van der Waals surface area (Å²) in [6.07, 6.45) is 2.28. The molecule has 2 aromatic carbocycles. The summed E-state index contributed by atoms with van der Waals surface area (Å²) in [5, 5.41) is 2.59. The molecule has 31 heavy (non-hydrogen) atoms. The highest BCUT2D eigenvalue weighted by Crippen LogP contribution is 2.18. The van der Waals surface area contributed by atoms with Crippen LogP contribution in [0.15, 0.2) is 60.7 Å².